The summed E-state index contributed by atoms with van der Waals surface area (Å²) >= 11 is 0. The third-order valence-corrected chi connectivity index (χ3v) is 5.77. The highest BCUT2D eigenvalue weighted by atomic mass is 19.4. The normalized spacial score (nSPS) is 13.5. The first-order chi connectivity index (χ1) is 16.8. The number of alkyl halides is 3. The summed E-state index contributed by atoms with van der Waals surface area (Å²) in [5.41, 5.74) is 2.58. The molecule has 3 aromatic carbocycles. The molecule has 0 saturated carbocycles. The minimum Gasteiger partial charge on any atom is -0.494 e. The molecule has 1 aliphatic rings. The largest absolute Gasteiger partial charge is 0.494 e. The highest BCUT2D eigenvalue weighted by Crippen LogP contribution is 2.30. The summed E-state index contributed by atoms with van der Waals surface area (Å²) in [6.45, 7) is 1.98. The van der Waals surface area contributed by atoms with E-state index in [1.54, 1.807) is 18.2 Å². The van der Waals surface area contributed by atoms with Crippen molar-refractivity contribution in [1.82, 2.24) is 4.90 Å². The first-order valence-electron chi connectivity index (χ1n) is 11.3. The van der Waals surface area contributed by atoms with Crippen LogP contribution >= 0.6 is 0 Å². The summed E-state index contributed by atoms with van der Waals surface area (Å²) in [5.74, 6) is 0.0481. The van der Waals surface area contributed by atoms with Crippen molar-refractivity contribution in [2.24, 2.45) is 0 Å². The average molecular weight is 487 g/mol. The average Bonchev–Trinajstić information content (AvgIpc) is 2.82. The lowest BCUT2D eigenvalue weighted by Gasteiger charge is -2.23. The van der Waals surface area contributed by atoms with Gasteiger partial charge in [-0.05, 0) is 59.0 Å². The van der Waals surface area contributed by atoms with Crippen LogP contribution in [0.4, 0.5) is 17.6 Å². The maximum Gasteiger partial charge on any atom is 0.416 e. The molecule has 1 aliphatic heterocycles. The van der Waals surface area contributed by atoms with E-state index in [0.29, 0.717) is 44.0 Å². The Bertz CT molecular complexity index is 1160. The van der Waals surface area contributed by atoms with E-state index in [4.69, 9.17) is 9.47 Å². The number of rotatable bonds is 9. The molecule has 8 heteroatoms. The smallest absolute Gasteiger partial charge is 0.416 e. The molecule has 0 unspecified atom stereocenters. The van der Waals surface area contributed by atoms with Crippen LogP contribution in [0, 0.1) is 5.82 Å². The quantitative estimate of drug-likeness (QED) is 0.214. The summed E-state index contributed by atoms with van der Waals surface area (Å²) in [6, 6.07) is 16.9. The zero-order valence-electron chi connectivity index (χ0n) is 19.0. The van der Waals surface area contributed by atoms with Crippen LogP contribution in [0.5, 0.6) is 5.75 Å². The molecule has 35 heavy (non-hydrogen) atoms. The van der Waals surface area contributed by atoms with Gasteiger partial charge in [-0.25, -0.2) is 4.39 Å². The molecular formula is C27H25F4NO3. The fourth-order valence-corrected chi connectivity index (χ4v) is 4.01. The molecule has 4 nitrogen and oxygen atoms in total. The fraction of sp³-hybridized carbons (Fsp3) is 0.296. The predicted molar refractivity (Wildman–Crippen MR) is 122 cm³/mol. The first kappa shape index (κ1) is 24.7. The van der Waals surface area contributed by atoms with Gasteiger partial charge < -0.3 is 9.47 Å². The lowest BCUT2D eigenvalue weighted by atomic mass is 10.0. The number of carbonyl (C=O) groups is 1. The standard InChI is InChI=1S/C27H25F4NO3/c28-24-8-5-19(6-9-24)16-32(17-20-3-1-4-23(13-20)27(29,30)31)11-2-12-34-25-10-7-21-18-35-26(33)15-22(21)14-25/h1,3-10,13-14H,2,11-12,15-18H2. The lowest BCUT2D eigenvalue weighted by molar-refractivity contribution is -0.145. The van der Waals surface area contributed by atoms with Crippen molar-refractivity contribution in [3.8, 4) is 5.75 Å². The predicted octanol–water partition coefficient (Wildman–Crippen LogP) is 5.92. The Hall–Kier alpha value is -3.39. The van der Waals surface area contributed by atoms with Crippen LogP contribution in [0.2, 0.25) is 0 Å². The molecule has 0 fully saturated rings. The Morgan fingerprint density at radius 1 is 0.914 bits per heavy atom. The zero-order chi connectivity index (χ0) is 24.8. The molecule has 0 saturated heterocycles. The maximum atomic E-state index is 13.3. The number of ether oxygens (including phenoxy) is 2. The third kappa shape index (κ3) is 7.05. The van der Waals surface area contributed by atoms with Crippen molar-refractivity contribution >= 4 is 5.97 Å². The second-order valence-corrected chi connectivity index (χ2v) is 8.51. The van der Waals surface area contributed by atoms with Crippen molar-refractivity contribution in [2.75, 3.05) is 13.2 Å². The summed E-state index contributed by atoms with van der Waals surface area (Å²) in [4.78, 5) is 13.5. The Morgan fingerprint density at radius 2 is 1.69 bits per heavy atom. The molecule has 0 aliphatic carbocycles. The summed E-state index contributed by atoms with van der Waals surface area (Å²) < 4.78 is 63.6. The van der Waals surface area contributed by atoms with Crippen LogP contribution in [0.1, 0.15) is 34.2 Å². The highest BCUT2D eigenvalue weighted by molar-refractivity contribution is 5.74. The van der Waals surface area contributed by atoms with Gasteiger partial charge in [-0.1, -0.05) is 36.4 Å². The van der Waals surface area contributed by atoms with Crippen LogP contribution in [-0.4, -0.2) is 24.0 Å². The van der Waals surface area contributed by atoms with Gasteiger partial charge in [0.1, 0.15) is 18.2 Å². The molecule has 1 heterocycles. The van der Waals surface area contributed by atoms with Crippen LogP contribution in [0.15, 0.2) is 66.7 Å². The van der Waals surface area contributed by atoms with Crippen molar-refractivity contribution in [3.63, 3.8) is 0 Å². The Balaban J connectivity index is 1.38. The SMILES string of the molecule is O=C1Cc2cc(OCCCN(Cc3ccc(F)cc3)Cc3cccc(C(F)(F)F)c3)ccc2CO1. The summed E-state index contributed by atoms with van der Waals surface area (Å²) in [7, 11) is 0. The highest BCUT2D eigenvalue weighted by Gasteiger charge is 2.30. The van der Waals surface area contributed by atoms with E-state index in [1.165, 1.54) is 18.2 Å². The van der Waals surface area contributed by atoms with Gasteiger partial charge in [-0.15, -0.1) is 0 Å². The van der Waals surface area contributed by atoms with Gasteiger partial charge in [0.15, 0.2) is 0 Å². The van der Waals surface area contributed by atoms with E-state index < -0.39 is 11.7 Å². The number of hydrogen-bond donors (Lipinski definition) is 0. The topological polar surface area (TPSA) is 38.8 Å². The maximum absolute atomic E-state index is 13.3. The van der Waals surface area contributed by atoms with Crippen LogP contribution in [0.3, 0.4) is 0 Å². The second-order valence-electron chi connectivity index (χ2n) is 8.51. The molecule has 0 N–H and O–H groups in total. The number of esters is 1. The van der Waals surface area contributed by atoms with E-state index in [9.17, 15) is 22.4 Å². The van der Waals surface area contributed by atoms with E-state index in [-0.39, 0.29) is 24.8 Å². The van der Waals surface area contributed by atoms with Crippen molar-refractivity contribution in [3.05, 3.63) is 100 Å². The summed E-state index contributed by atoms with van der Waals surface area (Å²) in [6.07, 6.45) is -3.56. The lowest BCUT2D eigenvalue weighted by Crippen LogP contribution is -2.25. The van der Waals surface area contributed by atoms with Gasteiger partial charge in [-0.2, -0.15) is 13.2 Å². The molecule has 184 valence electrons. The van der Waals surface area contributed by atoms with Crippen LogP contribution in [0.25, 0.3) is 0 Å². The number of cyclic esters (lactones) is 1. The van der Waals surface area contributed by atoms with Gasteiger partial charge in [0.2, 0.25) is 0 Å². The minimum atomic E-state index is -4.41. The number of carbonyl (C=O) groups excluding carboxylic acids is 1. The Kier molecular flexibility index (Phi) is 7.70. The monoisotopic (exact) mass is 487 g/mol. The molecule has 3 aromatic rings. The number of benzene rings is 3. The molecule has 0 spiro atoms. The van der Waals surface area contributed by atoms with E-state index in [0.717, 1.165) is 28.8 Å². The van der Waals surface area contributed by atoms with Gasteiger partial charge in [-0.3, -0.25) is 9.69 Å². The number of fused-ring (bicyclic) bond motifs is 1. The molecule has 0 aromatic heterocycles. The molecule has 0 radical (unpaired) electrons. The van der Waals surface area contributed by atoms with Crippen molar-refractivity contribution in [2.45, 2.75) is 38.7 Å². The zero-order valence-corrected chi connectivity index (χ0v) is 19.0. The molecule has 4 rings (SSSR count). The Morgan fingerprint density at radius 3 is 2.46 bits per heavy atom. The minimum absolute atomic E-state index is 0.217. The van der Waals surface area contributed by atoms with Crippen molar-refractivity contribution in [1.29, 1.82) is 0 Å². The number of nitrogens with zero attached hydrogens (tertiary/aromatic N) is 1. The molecule has 0 atom stereocenters. The number of hydrogen-bond acceptors (Lipinski definition) is 4. The van der Waals surface area contributed by atoms with Gasteiger partial charge in [0, 0.05) is 19.6 Å². The van der Waals surface area contributed by atoms with Gasteiger partial charge in [0.05, 0.1) is 18.6 Å². The van der Waals surface area contributed by atoms with E-state index in [2.05, 4.69) is 0 Å². The van der Waals surface area contributed by atoms with E-state index >= 15 is 0 Å². The third-order valence-electron chi connectivity index (χ3n) is 5.77. The summed E-state index contributed by atoms with van der Waals surface area (Å²) in [5, 5.41) is 0. The fourth-order valence-electron chi connectivity index (χ4n) is 4.01. The second kappa shape index (κ2) is 10.9. The van der Waals surface area contributed by atoms with Crippen LogP contribution in [-0.2, 0) is 41.8 Å². The number of halogens is 4. The van der Waals surface area contributed by atoms with Gasteiger partial charge >= 0.3 is 12.1 Å². The van der Waals surface area contributed by atoms with Gasteiger partial charge in [0.25, 0.3) is 0 Å². The first-order valence-corrected chi connectivity index (χ1v) is 11.3. The van der Waals surface area contributed by atoms with E-state index in [1.807, 2.05) is 23.1 Å². The van der Waals surface area contributed by atoms with Crippen LogP contribution < -0.4 is 4.74 Å². The molecule has 0 bridgehead atoms. The van der Waals surface area contributed by atoms with Crippen molar-refractivity contribution < 1.29 is 31.8 Å². The molecular weight excluding hydrogens is 462 g/mol. The molecule has 0 amide bonds. The Labute approximate surface area is 201 Å².